The Hall–Kier alpha value is -3.32. The first-order valence-corrected chi connectivity index (χ1v) is 13.0. The molecule has 1 aromatic heterocycles. The summed E-state index contributed by atoms with van der Waals surface area (Å²) in [6.07, 6.45) is 8.16. The molecule has 2 amide bonds. The van der Waals surface area contributed by atoms with E-state index in [2.05, 4.69) is 5.32 Å². The van der Waals surface area contributed by atoms with Crippen molar-refractivity contribution in [2.24, 2.45) is 11.8 Å². The number of ether oxygens (including phenoxy) is 1. The van der Waals surface area contributed by atoms with Crippen LogP contribution in [-0.2, 0) is 9.59 Å². The summed E-state index contributed by atoms with van der Waals surface area (Å²) in [6, 6.07) is 15.0. The SMILES string of the molecule is COc1ccc(-n2cc(-c3ccc(Cl)cc3)nc2NC(=O)CN(CC2CC2)C(=O)C2CCCC2)cc1. The molecule has 36 heavy (non-hydrogen) atoms. The number of imidazole rings is 1. The maximum atomic E-state index is 13.2. The van der Waals surface area contributed by atoms with Crippen LogP contribution in [0.5, 0.6) is 5.75 Å². The topological polar surface area (TPSA) is 76.5 Å². The number of aromatic nitrogens is 2. The van der Waals surface area contributed by atoms with Crippen LogP contribution in [0.15, 0.2) is 54.7 Å². The number of nitrogens with one attached hydrogen (secondary N) is 1. The number of hydrogen-bond donors (Lipinski definition) is 1. The highest BCUT2D eigenvalue weighted by Crippen LogP contribution is 2.32. The predicted molar refractivity (Wildman–Crippen MR) is 140 cm³/mol. The molecule has 5 rings (SSSR count). The molecule has 7 nitrogen and oxygen atoms in total. The van der Waals surface area contributed by atoms with Crippen LogP contribution in [0.25, 0.3) is 16.9 Å². The third-order valence-electron chi connectivity index (χ3n) is 6.97. The molecule has 188 valence electrons. The Balaban J connectivity index is 1.39. The largest absolute Gasteiger partial charge is 0.497 e. The first kappa shape index (κ1) is 24.4. The van der Waals surface area contributed by atoms with Crippen LogP contribution in [-0.4, -0.2) is 46.5 Å². The fourth-order valence-electron chi connectivity index (χ4n) is 4.78. The first-order chi connectivity index (χ1) is 17.5. The van der Waals surface area contributed by atoms with Gasteiger partial charge >= 0.3 is 0 Å². The number of anilines is 1. The number of methoxy groups -OCH3 is 1. The Bertz CT molecular complexity index is 1210. The average molecular weight is 507 g/mol. The van der Waals surface area contributed by atoms with Gasteiger partial charge in [0.1, 0.15) is 5.75 Å². The van der Waals surface area contributed by atoms with E-state index in [9.17, 15) is 9.59 Å². The molecule has 1 heterocycles. The van der Waals surface area contributed by atoms with E-state index in [-0.39, 0.29) is 24.3 Å². The number of carbonyl (C=O) groups is 2. The number of nitrogens with zero attached hydrogens (tertiary/aromatic N) is 3. The summed E-state index contributed by atoms with van der Waals surface area (Å²) >= 11 is 6.06. The number of halogens is 1. The number of amides is 2. The molecule has 0 bridgehead atoms. The Morgan fingerprint density at radius 2 is 1.75 bits per heavy atom. The molecular weight excluding hydrogens is 476 g/mol. The van der Waals surface area contributed by atoms with E-state index in [4.69, 9.17) is 21.3 Å². The summed E-state index contributed by atoms with van der Waals surface area (Å²) in [7, 11) is 1.62. The van der Waals surface area contributed by atoms with Gasteiger partial charge in [0, 0.05) is 34.9 Å². The van der Waals surface area contributed by atoms with Crippen LogP contribution < -0.4 is 10.1 Å². The zero-order valence-electron chi connectivity index (χ0n) is 20.5. The molecule has 2 fully saturated rings. The minimum atomic E-state index is -0.245. The molecule has 2 aliphatic carbocycles. The van der Waals surface area contributed by atoms with Crippen LogP contribution in [0.3, 0.4) is 0 Å². The first-order valence-electron chi connectivity index (χ1n) is 12.6. The lowest BCUT2D eigenvalue weighted by molar-refractivity contribution is -0.138. The van der Waals surface area contributed by atoms with Crippen molar-refractivity contribution in [1.82, 2.24) is 14.5 Å². The van der Waals surface area contributed by atoms with Gasteiger partial charge in [-0.2, -0.15) is 0 Å². The van der Waals surface area contributed by atoms with Crippen molar-refractivity contribution in [3.05, 3.63) is 59.8 Å². The van der Waals surface area contributed by atoms with Crippen molar-refractivity contribution in [3.63, 3.8) is 0 Å². The molecule has 0 spiro atoms. The highest BCUT2D eigenvalue weighted by atomic mass is 35.5. The van der Waals surface area contributed by atoms with Crippen molar-refractivity contribution in [2.45, 2.75) is 38.5 Å². The second-order valence-electron chi connectivity index (χ2n) is 9.72. The maximum Gasteiger partial charge on any atom is 0.246 e. The molecule has 0 aliphatic heterocycles. The highest BCUT2D eigenvalue weighted by molar-refractivity contribution is 6.30. The van der Waals surface area contributed by atoms with Gasteiger partial charge in [-0.05, 0) is 68.0 Å². The quantitative estimate of drug-likeness (QED) is 0.411. The summed E-state index contributed by atoms with van der Waals surface area (Å²) in [4.78, 5) is 32.9. The second-order valence-corrected chi connectivity index (χ2v) is 10.2. The van der Waals surface area contributed by atoms with Gasteiger partial charge in [0.25, 0.3) is 0 Å². The van der Waals surface area contributed by atoms with Crippen molar-refractivity contribution >= 4 is 29.4 Å². The normalized spacial score (nSPS) is 15.6. The molecule has 0 unspecified atom stereocenters. The third kappa shape index (κ3) is 5.73. The van der Waals surface area contributed by atoms with E-state index < -0.39 is 0 Å². The minimum Gasteiger partial charge on any atom is -0.497 e. The lowest BCUT2D eigenvalue weighted by Crippen LogP contribution is -2.42. The van der Waals surface area contributed by atoms with E-state index >= 15 is 0 Å². The van der Waals surface area contributed by atoms with Gasteiger partial charge in [-0.15, -0.1) is 0 Å². The lowest BCUT2D eigenvalue weighted by atomic mass is 10.1. The fourth-order valence-corrected chi connectivity index (χ4v) is 4.91. The van der Waals surface area contributed by atoms with Gasteiger partial charge in [0.2, 0.25) is 17.8 Å². The van der Waals surface area contributed by atoms with E-state index in [1.807, 2.05) is 59.3 Å². The Kier molecular flexibility index (Phi) is 7.28. The molecule has 2 saturated carbocycles. The van der Waals surface area contributed by atoms with Gasteiger partial charge in [0.05, 0.1) is 19.3 Å². The third-order valence-corrected chi connectivity index (χ3v) is 7.23. The minimum absolute atomic E-state index is 0.0393. The zero-order chi connectivity index (χ0) is 25.1. The van der Waals surface area contributed by atoms with E-state index in [1.165, 1.54) is 0 Å². The summed E-state index contributed by atoms with van der Waals surface area (Å²) in [5.41, 5.74) is 2.42. The Morgan fingerprint density at radius 3 is 2.39 bits per heavy atom. The average Bonchev–Trinajstić information content (AvgIpc) is 3.36. The summed E-state index contributed by atoms with van der Waals surface area (Å²) in [5.74, 6) is 1.58. The van der Waals surface area contributed by atoms with Crippen molar-refractivity contribution < 1.29 is 14.3 Å². The van der Waals surface area contributed by atoms with Crippen LogP contribution in [0.1, 0.15) is 38.5 Å². The highest BCUT2D eigenvalue weighted by Gasteiger charge is 2.33. The van der Waals surface area contributed by atoms with Gasteiger partial charge in [-0.1, -0.05) is 36.6 Å². The van der Waals surface area contributed by atoms with Gasteiger partial charge in [0.15, 0.2) is 0 Å². The molecule has 1 N–H and O–H groups in total. The monoisotopic (exact) mass is 506 g/mol. The van der Waals surface area contributed by atoms with E-state index in [0.29, 0.717) is 29.1 Å². The van der Waals surface area contributed by atoms with Gasteiger partial charge < -0.3 is 9.64 Å². The fraction of sp³-hybridized carbons (Fsp3) is 0.393. The Morgan fingerprint density at radius 1 is 1.06 bits per heavy atom. The molecule has 2 aromatic carbocycles. The molecule has 3 aromatic rings. The predicted octanol–water partition coefficient (Wildman–Crippen LogP) is 5.57. The van der Waals surface area contributed by atoms with Crippen molar-refractivity contribution in [2.75, 3.05) is 25.5 Å². The molecular formula is C28H31ClN4O3. The number of rotatable bonds is 9. The number of carbonyl (C=O) groups excluding carboxylic acids is 2. The molecule has 0 saturated heterocycles. The van der Waals surface area contributed by atoms with Gasteiger partial charge in [-0.3, -0.25) is 19.5 Å². The number of benzene rings is 2. The molecule has 0 radical (unpaired) electrons. The maximum absolute atomic E-state index is 13.2. The summed E-state index contributed by atoms with van der Waals surface area (Å²) < 4.78 is 7.12. The van der Waals surface area contributed by atoms with Crippen molar-refractivity contribution in [3.8, 4) is 22.7 Å². The van der Waals surface area contributed by atoms with E-state index in [1.54, 1.807) is 12.0 Å². The lowest BCUT2D eigenvalue weighted by Gasteiger charge is -2.25. The van der Waals surface area contributed by atoms with Crippen LogP contribution in [0.4, 0.5) is 5.95 Å². The smallest absolute Gasteiger partial charge is 0.246 e. The number of hydrogen-bond acceptors (Lipinski definition) is 4. The van der Waals surface area contributed by atoms with Crippen LogP contribution in [0.2, 0.25) is 5.02 Å². The molecule has 0 atom stereocenters. The second kappa shape index (κ2) is 10.7. The van der Waals surface area contributed by atoms with Crippen LogP contribution in [0, 0.1) is 11.8 Å². The van der Waals surface area contributed by atoms with E-state index in [0.717, 1.165) is 55.5 Å². The summed E-state index contributed by atoms with van der Waals surface area (Å²) in [6.45, 7) is 0.698. The molecule has 8 heteroatoms. The van der Waals surface area contributed by atoms with Crippen molar-refractivity contribution in [1.29, 1.82) is 0 Å². The summed E-state index contributed by atoms with van der Waals surface area (Å²) in [5, 5.41) is 3.61. The van der Waals surface area contributed by atoms with Crippen LogP contribution >= 0.6 is 11.6 Å². The Labute approximate surface area is 216 Å². The zero-order valence-corrected chi connectivity index (χ0v) is 21.2. The standard InChI is InChI=1S/C28H31ClN4O3/c1-36-24-14-12-23(13-15-24)33-17-25(20-8-10-22(29)11-9-20)30-28(33)31-26(34)18-32(16-19-6-7-19)27(35)21-4-2-3-5-21/h8-15,17,19,21H,2-7,16,18H2,1H3,(H,30,31,34). The van der Waals surface area contributed by atoms with Gasteiger partial charge in [-0.25, -0.2) is 4.98 Å². The molecule has 2 aliphatic rings.